The van der Waals surface area contributed by atoms with Gasteiger partial charge in [-0.05, 0) is 31.9 Å². The van der Waals surface area contributed by atoms with Crippen LogP contribution in [0.25, 0.3) is 0 Å². The van der Waals surface area contributed by atoms with Crippen LogP contribution >= 0.6 is 0 Å². The van der Waals surface area contributed by atoms with Crippen molar-refractivity contribution in [3.05, 3.63) is 57.8 Å². The van der Waals surface area contributed by atoms with Gasteiger partial charge >= 0.3 is 0 Å². The van der Waals surface area contributed by atoms with Crippen molar-refractivity contribution in [1.29, 1.82) is 0 Å². The van der Waals surface area contributed by atoms with Gasteiger partial charge in [0.05, 0.1) is 13.3 Å². The molecule has 0 bridgehead atoms. The number of para-hydroxylation sites is 1. The predicted molar refractivity (Wildman–Crippen MR) is 94.2 cm³/mol. The molecule has 1 amide bonds. The van der Waals surface area contributed by atoms with Crippen LogP contribution in [-0.4, -0.2) is 28.8 Å². The van der Waals surface area contributed by atoms with Gasteiger partial charge in [-0.1, -0.05) is 12.1 Å². The predicted octanol–water partition coefficient (Wildman–Crippen LogP) is 1.91. The minimum absolute atomic E-state index is 0.00493. The summed E-state index contributed by atoms with van der Waals surface area (Å²) in [6, 6.07) is 7.34. The number of hydrazone groups is 1. The smallest absolute Gasteiger partial charge is 0.278 e. The summed E-state index contributed by atoms with van der Waals surface area (Å²) in [5, 5.41) is 3.92. The van der Waals surface area contributed by atoms with Crippen LogP contribution in [0.15, 0.2) is 40.4 Å². The number of rotatable bonds is 4. The number of benzene rings is 1. The standard InChI is InChI=1S/C18H20N4O3/c1-12-6-5-9-16-19-11-14(18(24)22(12)16)17(23)21-20-10-13-7-3-4-8-15(13)25-2/h3-4,7-8,10-12H,5-6,9H2,1-2H3,(H,21,23)/b20-10+. The second-order valence-corrected chi connectivity index (χ2v) is 5.95. The summed E-state index contributed by atoms with van der Waals surface area (Å²) < 4.78 is 6.83. The Kier molecular flexibility index (Phi) is 4.92. The molecule has 25 heavy (non-hydrogen) atoms. The number of nitrogens with one attached hydrogen (secondary N) is 1. The summed E-state index contributed by atoms with van der Waals surface area (Å²) in [5.74, 6) is 0.805. The van der Waals surface area contributed by atoms with Crippen molar-refractivity contribution >= 4 is 12.1 Å². The number of carbonyl (C=O) groups excluding carboxylic acids is 1. The molecular weight excluding hydrogens is 320 g/mol. The van der Waals surface area contributed by atoms with E-state index in [1.807, 2.05) is 25.1 Å². The Balaban J connectivity index is 1.79. The van der Waals surface area contributed by atoms with Gasteiger partial charge in [-0.25, -0.2) is 10.4 Å². The molecule has 7 heteroatoms. The maximum Gasteiger partial charge on any atom is 0.278 e. The van der Waals surface area contributed by atoms with Gasteiger partial charge < -0.3 is 4.74 Å². The van der Waals surface area contributed by atoms with Crippen molar-refractivity contribution in [2.75, 3.05) is 7.11 Å². The Morgan fingerprint density at radius 3 is 3.04 bits per heavy atom. The molecule has 1 aliphatic heterocycles. The first kappa shape index (κ1) is 16.9. The van der Waals surface area contributed by atoms with Gasteiger partial charge in [-0.3, -0.25) is 14.2 Å². The Bertz CT molecular complexity index is 873. The van der Waals surface area contributed by atoms with E-state index in [-0.39, 0.29) is 17.2 Å². The molecule has 1 unspecified atom stereocenters. The monoisotopic (exact) mass is 340 g/mol. The van der Waals surface area contributed by atoms with Crippen LogP contribution in [0.5, 0.6) is 5.75 Å². The number of ether oxygens (including phenoxy) is 1. The van der Waals surface area contributed by atoms with E-state index >= 15 is 0 Å². The van der Waals surface area contributed by atoms with Crippen molar-refractivity contribution in [2.45, 2.75) is 32.2 Å². The zero-order valence-corrected chi connectivity index (χ0v) is 14.2. The zero-order valence-electron chi connectivity index (χ0n) is 14.2. The molecule has 0 fully saturated rings. The van der Waals surface area contributed by atoms with Gasteiger partial charge in [0.15, 0.2) is 0 Å². The number of nitrogens with zero attached hydrogens (tertiary/aromatic N) is 3. The van der Waals surface area contributed by atoms with Crippen LogP contribution in [0.3, 0.4) is 0 Å². The number of hydrogen-bond donors (Lipinski definition) is 1. The lowest BCUT2D eigenvalue weighted by Gasteiger charge is -2.24. The molecule has 1 atom stereocenters. The molecule has 130 valence electrons. The quantitative estimate of drug-likeness (QED) is 0.680. The Labute approximate surface area is 145 Å². The summed E-state index contributed by atoms with van der Waals surface area (Å²) in [4.78, 5) is 29.2. The summed E-state index contributed by atoms with van der Waals surface area (Å²) in [6.45, 7) is 1.97. The van der Waals surface area contributed by atoms with E-state index in [1.54, 1.807) is 17.7 Å². The normalized spacial score (nSPS) is 16.5. The highest BCUT2D eigenvalue weighted by Gasteiger charge is 2.22. The maximum absolute atomic E-state index is 12.6. The maximum atomic E-state index is 12.6. The van der Waals surface area contributed by atoms with Gasteiger partial charge in [-0.2, -0.15) is 5.10 Å². The summed E-state index contributed by atoms with van der Waals surface area (Å²) in [5.41, 5.74) is 2.78. The molecule has 0 radical (unpaired) electrons. The van der Waals surface area contributed by atoms with Crippen LogP contribution in [0, 0.1) is 0 Å². The molecule has 0 spiro atoms. The molecule has 2 aromatic rings. The third-order valence-corrected chi connectivity index (χ3v) is 4.29. The average molecular weight is 340 g/mol. The Hall–Kier alpha value is -2.96. The van der Waals surface area contributed by atoms with Gasteiger partial charge in [0.1, 0.15) is 17.1 Å². The van der Waals surface area contributed by atoms with E-state index in [1.165, 1.54) is 12.4 Å². The lowest BCUT2D eigenvalue weighted by atomic mass is 10.1. The molecule has 0 saturated carbocycles. The van der Waals surface area contributed by atoms with Crippen LogP contribution in [-0.2, 0) is 6.42 Å². The molecule has 0 aliphatic carbocycles. The van der Waals surface area contributed by atoms with Crippen molar-refractivity contribution in [3.8, 4) is 5.75 Å². The molecule has 2 heterocycles. The zero-order chi connectivity index (χ0) is 17.8. The topological polar surface area (TPSA) is 85.6 Å². The summed E-state index contributed by atoms with van der Waals surface area (Å²) in [7, 11) is 1.56. The molecule has 0 saturated heterocycles. The van der Waals surface area contributed by atoms with Gasteiger partial charge in [0.2, 0.25) is 0 Å². The number of aromatic nitrogens is 2. The average Bonchev–Trinajstić information content (AvgIpc) is 2.62. The molecule has 1 aliphatic rings. The third-order valence-electron chi connectivity index (χ3n) is 4.29. The fraction of sp³-hybridized carbons (Fsp3) is 0.333. The fourth-order valence-electron chi connectivity index (χ4n) is 2.98. The highest BCUT2D eigenvalue weighted by molar-refractivity contribution is 5.94. The second-order valence-electron chi connectivity index (χ2n) is 5.95. The summed E-state index contributed by atoms with van der Waals surface area (Å²) >= 11 is 0. The van der Waals surface area contributed by atoms with Crippen LogP contribution < -0.4 is 15.7 Å². The molecule has 3 rings (SSSR count). The minimum Gasteiger partial charge on any atom is -0.496 e. The van der Waals surface area contributed by atoms with Crippen molar-refractivity contribution in [2.24, 2.45) is 5.10 Å². The van der Waals surface area contributed by atoms with Gasteiger partial charge in [-0.15, -0.1) is 0 Å². The fourth-order valence-corrected chi connectivity index (χ4v) is 2.98. The highest BCUT2D eigenvalue weighted by Crippen LogP contribution is 2.20. The number of hydrogen-bond acceptors (Lipinski definition) is 5. The molecule has 1 N–H and O–H groups in total. The SMILES string of the molecule is COc1ccccc1/C=N/NC(=O)c1cnc2n(c1=O)C(C)CCC2. The number of aryl methyl sites for hydroxylation is 1. The molecule has 1 aromatic carbocycles. The van der Waals surface area contributed by atoms with E-state index in [4.69, 9.17) is 4.74 Å². The first-order valence-corrected chi connectivity index (χ1v) is 8.18. The van der Waals surface area contributed by atoms with Crippen molar-refractivity contribution < 1.29 is 9.53 Å². The molecule has 1 aromatic heterocycles. The van der Waals surface area contributed by atoms with Crippen LogP contribution in [0.1, 0.15) is 47.6 Å². The second kappa shape index (κ2) is 7.29. The van der Waals surface area contributed by atoms with E-state index in [0.717, 1.165) is 30.7 Å². The van der Waals surface area contributed by atoms with E-state index < -0.39 is 5.91 Å². The highest BCUT2D eigenvalue weighted by atomic mass is 16.5. The largest absolute Gasteiger partial charge is 0.496 e. The Morgan fingerprint density at radius 1 is 1.44 bits per heavy atom. The number of fused-ring (bicyclic) bond motifs is 1. The van der Waals surface area contributed by atoms with E-state index in [9.17, 15) is 9.59 Å². The van der Waals surface area contributed by atoms with Crippen LogP contribution in [0.4, 0.5) is 0 Å². The van der Waals surface area contributed by atoms with Crippen LogP contribution in [0.2, 0.25) is 0 Å². The minimum atomic E-state index is -0.572. The van der Waals surface area contributed by atoms with Gasteiger partial charge in [0.25, 0.3) is 11.5 Å². The lowest BCUT2D eigenvalue weighted by Crippen LogP contribution is -2.36. The molecule has 7 nitrogen and oxygen atoms in total. The first-order chi connectivity index (χ1) is 12.1. The number of carbonyl (C=O) groups is 1. The third kappa shape index (κ3) is 3.45. The molecular formula is C18H20N4O3. The first-order valence-electron chi connectivity index (χ1n) is 8.18. The van der Waals surface area contributed by atoms with E-state index in [2.05, 4.69) is 15.5 Å². The van der Waals surface area contributed by atoms with Gasteiger partial charge in [0, 0.05) is 24.2 Å². The number of methoxy groups -OCH3 is 1. The summed E-state index contributed by atoms with van der Waals surface area (Å²) in [6.07, 6.45) is 5.48. The van der Waals surface area contributed by atoms with Crippen molar-refractivity contribution in [3.63, 3.8) is 0 Å². The lowest BCUT2D eigenvalue weighted by molar-refractivity contribution is 0.0952. The Morgan fingerprint density at radius 2 is 2.24 bits per heavy atom. The van der Waals surface area contributed by atoms with E-state index in [0.29, 0.717) is 5.75 Å². The van der Waals surface area contributed by atoms with Crippen molar-refractivity contribution in [1.82, 2.24) is 15.0 Å². The number of amides is 1.